The molecule has 3 rings (SSSR count). The Labute approximate surface area is 135 Å². The summed E-state index contributed by atoms with van der Waals surface area (Å²) < 4.78 is 1.74. The average Bonchev–Trinajstić information content (AvgIpc) is 3.07. The van der Waals surface area contributed by atoms with Crippen LogP contribution >= 0.6 is 0 Å². The summed E-state index contributed by atoms with van der Waals surface area (Å²) >= 11 is 0. The standard InChI is InChI=1S/C18H19N3O2/c1-20(23-2)18(22)17-16(14-9-5-3-6-10-14)13-21(19-17)15-11-7-4-8-12-15/h3-5,7-9,11-13H,6,10H2,1-2H3. The predicted molar refractivity (Wildman–Crippen MR) is 89.0 cm³/mol. The number of carbonyl (C=O) groups is 1. The van der Waals surface area contributed by atoms with Gasteiger partial charge in [0.05, 0.1) is 12.8 Å². The van der Waals surface area contributed by atoms with Gasteiger partial charge < -0.3 is 0 Å². The van der Waals surface area contributed by atoms with E-state index in [-0.39, 0.29) is 5.91 Å². The molecule has 5 nitrogen and oxygen atoms in total. The summed E-state index contributed by atoms with van der Waals surface area (Å²) in [4.78, 5) is 17.6. The number of nitrogens with zero attached hydrogens (tertiary/aromatic N) is 3. The molecular formula is C18H19N3O2. The number of hydrogen-bond donors (Lipinski definition) is 0. The molecule has 1 heterocycles. The molecule has 5 heteroatoms. The molecule has 1 aliphatic rings. The van der Waals surface area contributed by atoms with Crippen LogP contribution in [0.25, 0.3) is 11.3 Å². The first kappa shape index (κ1) is 15.2. The van der Waals surface area contributed by atoms with Crippen molar-refractivity contribution in [3.63, 3.8) is 0 Å². The van der Waals surface area contributed by atoms with Gasteiger partial charge in [0.25, 0.3) is 5.91 Å². The van der Waals surface area contributed by atoms with Crippen LogP contribution in [0.3, 0.4) is 0 Å². The second kappa shape index (κ2) is 6.62. The lowest BCUT2D eigenvalue weighted by Crippen LogP contribution is -2.26. The first-order valence-corrected chi connectivity index (χ1v) is 7.54. The van der Waals surface area contributed by atoms with Gasteiger partial charge in [0, 0.05) is 18.8 Å². The highest BCUT2D eigenvalue weighted by molar-refractivity contribution is 5.97. The average molecular weight is 309 g/mol. The van der Waals surface area contributed by atoms with Gasteiger partial charge in [0.2, 0.25) is 0 Å². The SMILES string of the molecule is CON(C)C(=O)c1nn(-c2ccccc2)cc1C1=CC=CCC1. The maximum atomic E-state index is 12.6. The molecule has 0 saturated heterocycles. The Kier molecular flexibility index (Phi) is 4.39. The minimum Gasteiger partial charge on any atom is -0.274 e. The van der Waals surface area contributed by atoms with Gasteiger partial charge in [0.15, 0.2) is 5.69 Å². The van der Waals surface area contributed by atoms with Crippen molar-refractivity contribution in [3.05, 3.63) is 66.0 Å². The number of carbonyl (C=O) groups excluding carboxylic acids is 1. The van der Waals surface area contributed by atoms with Crippen LogP contribution in [-0.2, 0) is 4.84 Å². The second-order valence-corrected chi connectivity index (χ2v) is 5.32. The third-order valence-electron chi connectivity index (χ3n) is 3.86. The monoisotopic (exact) mass is 309 g/mol. The van der Waals surface area contributed by atoms with E-state index in [9.17, 15) is 4.79 Å². The van der Waals surface area contributed by atoms with Crippen LogP contribution in [0, 0.1) is 0 Å². The zero-order valence-electron chi connectivity index (χ0n) is 13.3. The van der Waals surface area contributed by atoms with Crippen molar-refractivity contribution in [1.82, 2.24) is 14.8 Å². The van der Waals surface area contributed by atoms with Crippen molar-refractivity contribution < 1.29 is 9.63 Å². The molecule has 0 aliphatic heterocycles. The number of allylic oxidation sites excluding steroid dienone is 4. The van der Waals surface area contributed by atoms with Crippen LogP contribution in [-0.4, -0.2) is 34.9 Å². The van der Waals surface area contributed by atoms with E-state index in [2.05, 4.69) is 11.2 Å². The Morgan fingerprint density at radius 3 is 2.74 bits per heavy atom. The van der Waals surface area contributed by atoms with E-state index < -0.39 is 0 Å². The van der Waals surface area contributed by atoms with Crippen molar-refractivity contribution in [2.75, 3.05) is 14.2 Å². The summed E-state index contributed by atoms with van der Waals surface area (Å²) in [7, 11) is 3.05. The third-order valence-corrected chi connectivity index (χ3v) is 3.86. The molecule has 2 aromatic rings. The van der Waals surface area contributed by atoms with Crippen molar-refractivity contribution in [2.24, 2.45) is 0 Å². The summed E-state index contributed by atoms with van der Waals surface area (Å²) in [5.41, 5.74) is 3.29. The van der Waals surface area contributed by atoms with E-state index >= 15 is 0 Å². The molecule has 0 N–H and O–H groups in total. The maximum Gasteiger partial charge on any atom is 0.298 e. The number of aromatic nitrogens is 2. The molecule has 118 valence electrons. The zero-order valence-corrected chi connectivity index (χ0v) is 13.3. The molecule has 1 aromatic heterocycles. The Balaban J connectivity index is 2.08. The Hall–Kier alpha value is -2.66. The van der Waals surface area contributed by atoms with Gasteiger partial charge in [0.1, 0.15) is 0 Å². The number of hydroxylamine groups is 2. The van der Waals surface area contributed by atoms with Gasteiger partial charge in [-0.25, -0.2) is 9.75 Å². The number of para-hydroxylation sites is 1. The molecule has 23 heavy (non-hydrogen) atoms. The van der Waals surface area contributed by atoms with Crippen LogP contribution in [0.1, 0.15) is 28.9 Å². The second-order valence-electron chi connectivity index (χ2n) is 5.32. The molecule has 0 unspecified atom stereocenters. The number of amides is 1. The molecule has 0 spiro atoms. The molecule has 0 saturated carbocycles. The van der Waals surface area contributed by atoms with Gasteiger partial charge in [-0.05, 0) is 30.5 Å². The first-order valence-electron chi connectivity index (χ1n) is 7.54. The van der Waals surface area contributed by atoms with Gasteiger partial charge >= 0.3 is 0 Å². The fourth-order valence-corrected chi connectivity index (χ4v) is 2.54. The molecule has 1 aliphatic carbocycles. The van der Waals surface area contributed by atoms with Gasteiger partial charge in [-0.2, -0.15) is 5.10 Å². The molecule has 0 fully saturated rings. The lowest BCUT2D eigenvalue weighted by molar-refractivity contribution is -0.0760. The fraction of sp³-hybridized carbons (Fsp3) is 0.222. The highest BCUT2D eigenvalue weighted by Gasteiger charge is 2.23. The Bertz CT molecular complexity index is 760. The normalized spacial score (nSPS) is 13.7. The molecule has 1 amide bonds. The number of hydrogen-bond acceptors (Lipinski definition) is 3. The maximum absolute atomic E-state index is 12.6. The Morgan fingerprint density at radius 2 is 2.09 bits per heavy atom. The Morgan fingerprint density at radius 1 is 1.30 bits per heavy atom. The van der Waals surface area contributed by atoms with Crippen molar-refractivity contribution in [1.29, 1.82) is 0 Å². The quantitative estimate of drug-likeness (QED) is 0.815. The topological polar surface area (TPSA) is 47.4 Å². The van der Waals surface area contributed by atoms with Gasteiger partial charge in [-0.1, -0.05) is 36.4 Å². The third kappa shape index (κ3) is 3.10. The van der Waals surface area contributed by atoms with Crippen molar-refractivity contribution in [3.8, 4) is 5.69 Å². The highest BCUT2D eigenvalue weighted by atomic mass is 16.7. The van der Waals surface area contributed by atoms with E-state index in [0.717, 1.165) is 29.7 Å². The largest absolute Gasteiger partial charge is 0.298 e. The van der Waals surface area contributed by atoms with Crippen molar-refractivity contribution in [2.45, 2.75) is 12.8 Å². The molecule has 1 aromatic carbocycles. The van der Waals surface area contributed by atoms with E-state index in [1.165, 1.54) is 12.2 Å². The smallest absolute Gasteiger partial charge is 0.274 e. The fourth-order valence-electron chi connectivity index (χ4n) is 2.54. The molecule has 0 bridgehead atoms. The predicted octanol–water partition coefficient (Wildman–Crippen LogP) is 3.24. The summed E-state index contributed by atoms with van der Waals surface area (Å²) in [6.07, 6.45) is 9.96. The van der Waals surface area contributed by atoms with Crippen LogP contribution in [0.5, 0.6) is 0 Å². The lowest BCUT2D eigenvalue weighted by Gasteiger charge is -2.14. The lowest BCUT2D eigenvalue weighted by atomic mass is 9.97. The van der Waals surface area contributed by atoms with Crippen LogP contribution in [0.15, 0.2) is 54.8 Å². The molecule has 0 atom stereocenters. The minimum absolute atomic E-state index is 0.257. The van der Waals surface area contributed by atoms with Crippen molar-refractivity contribution >= 4 is 11.5 Å². The van der Waals surface area contributed by atoms with Gasteiger partial charge in [-0.15, -0.1) is 0 Å². The summed E-state index contributed by atoms with van der Waals surface area (Å²) in [6.45, 7) is 0. The minimum atomic E-state index is -0.257. The van der Waals surface area contributed by atoms with E-state index in [1.807, 2.05) is 48.7 Å². The van der Waals surface area contributed by atoms with E-state index in [0.29, 0.717) is 5.69 Å². The van der Waals surface area contributed by atoms with Crippen LogP contribution in [0.2, 0.25) is 0 Å². The molecule has 0 radical (unpaired) electrons. The van der Waals surface area contributed by atoms with E-state index in [4.69, 9.17) is 4.84 Å². The number of rotatable bonds is 4. The van der Waals surface area contributed by atoms with Gasteiger partial charge in [-0.3, -0.25) is 9.63 Å². The van der Waals surface area contributed by atoms with Crippen LogP contribution < -0.4 is 0 Å². The van der Waals surface area contributed by atoms with E-state index in [1.54, 1.807) is 11.7 Å². The molecular weight excluding hydrogens is 290 g/mol. The summed E-state index contributed by atoms with van der Waals surface area (Å²) in [5, 5.41) is 5.70. The zero-order chi connectivity index (χ0) is 16.2. The number of benzene rings is 1. The first-order chi connectivity index (χ1) is 11.2. The van der Waals surface area contributed by atoms with Crippen LogP contribution in [0.4, 0.5) is 0 Å². The highest BCUT2D eigenvalue weighted by Crippen LogP contribution is 2.27. The summed E-state index contributed by atoms with van der Waals surface area (Å²) in [6, 6.07) is 9.76. The summed E-state index contributed by atoms with van der Waals surface area (Å²) in [5.74, 6) is -0.257.